The molecule has 0 radical (unpaired) electrons. The van der Waals surface area contributed by atoms with Crippen LogP contribution in [0, 0.1) is 0 Å². The van der Waals surface area contributed by atoms with Gasteiger partial charge in [-0.1, -0.05) is 6.07 Å². The molecule has 0 unspecified atom stereocenters. The maximum atomic E-state index is 12.3. The molecule has 0 saturated carbocycles. The second-order valence-corrected chi connectivity index (χ2v) is 4.83. The third kappa shape index (κ3) is 3.36. The van der Waals surface area contributed by atoms with Crippen LogP contribution in [0.15, 0.2) is 24.3 Å². The van der Waals surface area contributed by atoms with E-state index in [1.807, 2.05) is 6.92 Å². The van der Waals surface area contributed by atoms with Crippen molar-refractivity contribution < 1.29 is 19.4 Å². The van der Waals surface area contributed by atoms with Crippen molar-refractivity contribution in [3.63, 3.8) is 0 Å². The summed E-state index contributed by atoms with van der Waals surface area (Å²) in [5.74, 6) is -1.13. The number of amides is 1. The Balaban J connectivity index is 2.02. The van der Waals surface area contributed by atoms with Crippen LogP contribution >= 0.6 is 0 Å². The average molecular weight is 277 g/mol. The fraction of sp³-hybridized carbons (Fsp3) is 0.467. The molecular weight excluding hydrogens is 258 g/mol. The molecule has 1 N–H and O–H groups in total. The third-order valence-corrected chi connectivity index (χ3v) is 3.49. The zero-order chi connectivity index (χ0) is 14.5. The first-order valence-corrected chi connectivity index (χ1v) is 6.86. The van der Waals surface area contributed by atoms with Crippen molar-refractivity contribution in [1.82, 2.24) is 4.90 Å². The summed E-state index contributed by atoms with van der Waals surface area (Å²) in [6.45, 7) is 3.97. The highest BCUT2D eigenvalue weighted by molar-refractivity contribution is 5.97. The fourth-order valence-corrected chi connectivity index (χ4v) is 2.43. The van der Waals surface area contributed by atoms with E-state index in [9.17, 15) is 9.59 Å². The molecule has 1 fully saturated rings. The molecule has 5 nitrogen and oxygen atoms in total. The van der Waals surface area contributed by atoms with Gasteiger partial charge in [0.05, 0.1) is 11.7 Å². The fourth-order valence-electron chi connectivity index (χ4n) is 2.43. The van der Waals surface area contributed by atoms with Crippen molar-refractivity contribution in [2.24, 2.45) is 0 Å². The first kappa shape index (κ1) is 14.5. The number of nitrogens with zero attached hydrogens (tertiary/aromatic N) is 1. The maximum Gasteiger partial charge on any atom is 0.335 e. The second kappa shape index (κ2) is 6.52. The van der Waals surface area contributed by atoms with Gasteiger partial charge in [-0.15, -0.1) is 0 Å². The van der Waals surface area contributed by atoms with Crippen molar-refractivity contribution in [1.29, 1.82) is 0 Å². The van der Waals surface area contributed by atoms with Gasteiger partial charge in [-0.3, -0.25) is 4.79 Å². The Bertz CT molecular complexity index is 492. The standard InChI is InChI=1S/C15H19NO4/c1-2-20-13-6-8-16(9-7-13)14(17)11-4-3-5-12(10-11)15(18)19/h3-5,10,13H,2,6-9H2,1H3,(H,18,19). The lowest BCUT2D eigenvalue weighted by atomic mass is 10.1. The van der Waals surface area contributed by atoms with Gasteiger partial charge in [0.15, 0.2) is 0 Å². The predicted octanol–water partition coefficient (Wildman–Crippen LogP) is 2.03. The number of hydrogen-bond acceptors (Lipinski definition) is 3. The first-order chi connectivity index (χ1) is 9.61. The van der Waals surface area contributed by atoms with Crippen LogP contribution in [-0.2, 0) is 4.74 Å². The van der Waals surface area contributed by atoms with E-state index in [0.717, 1.165) is 12.8 Å². The Morgan fingerprint density at radius 1 is 1.30 bits per heavy atom. The number of carboxylic acids is 1. The van der Waals surface area contributed by atoms with Crippen LogP contribution in [0.25, 0.3) is 0 Å². The maximum absolute atomic E-state index is 12.3. The number of aromatic carboxylic acids is 1. The third-order valence-electron chi connectivity index (χ3n) is 3.49. The van der Waals surface area contributed by atoms with Crippen LogP contribution in [-0.4, -0.2) is 47.7 Å². The molecule has 5 heteroatoms. The molecule has 0 aromatic heterocycles. The monoisotopic (exact) mass is 277 g/mol. The molecule has 1 aliphatic rings. The molecule has 1 amide bonds. The van der Waals surface area contributed by atoms with Gasteiger partial charge in [-0.25, -0.2) is 4.79 Å². The lowest BCUT2D eigenvalue weighted by Crippen LogP contribution is -2.40. The number of carbonyl (C=O) groups excluding carboxylic acids is 1. The number of benzene rings is 1. The molecule has 1 aliphatic heterocycles. The Hall–Kier alpha value is -1.88. The van der Waals surface area contributed by atoms with Crippen LogP contribution in [0.3, 0.4) is 0 Å². The van der Waals surface area contributed by atoms with Crippen molar-refractivity contribution in [2.45, 2.75) is 25.9 Å². The van der Waals surface area contributed by atoms with E-state index in [2.05, 4.69) is 0 Å². The molecule has 2 rings (SSSR count). The Morgan fingerprint density at radius 3 is 2.55 bits per heavy atom. The van der Waals surface area contributed by atoms with E-state index < -0.39 is 5.97 Å². The average Bonchev–Trinajstić information content (AvgIpc) is 2.48. The van der Waals surface area contributed by atoms with Crippen LogP contribution in [0.1, 0.15) is 40.5 Å². The molecule has 1 saturated heterocycles. The number of ether oxygens (including phenoxy) is 1. The minimum Gasteiger partial charge on any atom is -0.478 e. The quantitative estimate of drug-likeness (QED) is 0.914. The Morgan fingerprint density at radius 2 is 1.95 bits per heavy atom. The summed E-state index contributed by atoms with van der Waals surface area (Å²) in [6.07, 6.45) is 1.89. The zero-order valence-electron chi connectivity index (χ0n) is 11.5. The molecular formula is C15H19NO4. The van der Waals surface area contributed by atoms with Crippen LogP contribution in [0.2, 0.25) is 0 Å². The lowest BCUT2D eigenvalue weighted by molar-refractivity contribution is 0.0146. The van der Waals surface area contributed by atoms with Crippen molar-refractivity contribution >= 4 is 11.9 Å². The van der Waals surface area contributed by atoms with Gasteiger partial charge in [-0.05, 0) is 38.0 Å². The van der Waals surface area contributed by atoms with Gasteiger partial charge >= 0.3 is 5.97 Å². The number of hydrogen-bond donors (Lipinski definition) is 1. The SMILES string of the molecule is CCOC1CCN(C(=O)c2cccc(C(=O)O)c2)CC1. The summed E-state index contributed by atoms with van der Waals surface area (Å²) in [7, 11) is 0. The molecule has 1 aromatic rings. The minimum absolute atomic E-state index is 0.108. The van der Waals surface area contributed by atoms with E-state index in [1.54, 1.807) is 17.0 Å². The molecule has 1 aromatic carbocycles. The number of carbonyl (C=O) groups is 2. The normalized spacial score (nSPS) is 16.1. The van der Waals surface area contributed by atoms with E-state index >= 15 is 0 Å². The van der Waals surface area contributed by atoms with Crippen molar-refractivity contribution in [2.75, 3.05) is 19.7 Å². The molecule has 0 aliphatic carbocycles. The predicted molar refractivity (Wildman–Crippen MR) is 74.0 cm³/mol. The largest absolute Gasteiger partial charge is 0.478 e. The highest BCUT2D eigenvalue weighted by atomic mass is 16.5. The van der Waals surface area contributed by atoms with E-state index in [-0.39, 0.29) is 17.6 Å². The Labute approximate surface area is 118 Å². The molecule has 0 atom stereocenters. The molecule has 1 heterocycles. The molecule has 108 valence electrons. The number of carboxylic acid groups (broad SMARTS) is 1. The summed E-state index contributed by atoms with van der Waals surface area (Å²) in [4.78, 5) is 25.0. The van der Waals surface area contributed by atoms with Gasteiger partial charge in [0.25, 0.3) is 5.91 Å². The molecule has 0 bridgehead atoms. The number of likely N-dealkylation sites (tertiary alicyclic amines) is 1. The number of rotatable bonds is 4. The molecule has 20 heavy (non-hydrogen) atoms. The lowest BCUT2D eigenvalue weighted by Gasteiger charge is -2.31. The summed E-state index contributed by atoms with van der Waals surface area (Å²) in [5.41, 5.74) is 0.569. The second-order valence-electron chi connectivity index (χ2n) is 4.83. The van der Waals surface area contributed by atoms with Gasteiger partial charge in [0.1, 0.15) is 0 Å². The van der Waals surface area contributed by atoms with Gasteiger partial charge in [0, 0.05) is 25.3 Å². The van der Waals surface area contributed by atoms with Gasteiger partial charge < -0.3 is 14.7 Å². The summed E-state index contributed by atoms with van der Waals surface area (Å²) < 4.78 is 5.55. The summed E-state index contributed by atoms with van der Waals surface area (Å²) >= 11 is 0. The van der Waals surface area contributed by atoms with Gasteiger partial charge in [0.2, 0.25) is 0 Å². The van der Waals surface area contributed by atoms with Crippen LogP contribution in [0.5, 0.6) is 0 Å². The minimum atomic E-state index is -1.02. The Kier molecular flexibility index (Phi) is 4.74. The molecule has 0 spiro atoms. The summed E-state index contributed by atoms with van der Waals surface area (Å²) in [6, 6.07) is 6.17. The van der Waals surface area contributed by atoms with Crippen molar-refractivity contribution in [3.8, 4) is 0 Å². The van der Waals surface area contributed by atoms with E-state index in [1.165, 1.54) is 12.1 Å². The topological polar surface area (TPSA) is 66.8 Å². The van der Waals surface area contributed by atoms with E-state index in [4.69, 9.17) is 9.84 Å². The highest BCUT2D eigenvalue weighted by Gasteiger charge is 2.24. The smallest absolute Gasteiger partial charge is 0.335 e. The van der Waals surface area contributed by atoms with Crippen molar-refractivity contribution in [3.05, 3.63) is 35.4 Å². The van der Waals surface area contributed by atoms with Crippen LogP contribution < -0.4 is 0 Å². The first-order valence-electron chi connectivity index (χ1n) is 6.86. The van der Waals surface area contributed by atoms with Crippen LogP contribution in [0.4, 0.5) is 0 Å². The van der Waals surface area contributed by atoms with Gasteiger partial charge in [-0.2, -0.15) is 0 Å². The summed E-state index contributed by atoms with van der Waals surface area (Å²) in [5, 5.41) is 8.95. The van der Waals surface area contributed by atoms with E-state index in [0.29, 0.717) is 25.3 Å². The number of piperidine rings is 1. The highest BCUT2D eigenvalue weighted by Crippen LogP contribution is 2.17. The zero-order valence-corrected chi connectivity index (χ0v) is 11.5.